The highest BCUT2D eigenvalue weighted by atomic mass is 35.5. The Hall–Kier alpha value is -0.540. The average molecular weight is 177 g/mol. The second kappa shape index (κ2) is 6.19. The predicted molar refractivity (Wildman–Crippen MR) is 45.7 cm³/mol. The standard InChI is InChI=1S/C5H7ClN2O.C2H6/c6-5-7-1-2-8(5)3-4-9;1-2/h1-2,9H,3-4H2;1-2H3. The van der Waals surface area contributed by atoms with Crippen molar-refractivity contribution in [2.24, 2.45) is 0 Å². The van der Waals surface area contributed by atoms with Crippen LogP contribution in [0, 0.1) is 0 Å². The first-order valence-electron chi connectivity index (χ1n) is 3.62. The smallest absolute Gasteiger partial charge is 0.202 e. The number of rotatable bonds is 2. The van der Waals surface area contributed by atoms with Crippen molar-refractivity contribution in [1.82, 2.24) is 9.55 Å². The van der Waals surface area contributed by atoms with Gasteiger partial charge in [-0.25, -0.2) is 4.98 Å². The van der Waals surface area contributed by atoms with Crippen LogP contribution >= 0.6 is 11.6 Å². The summed E-state index contributed by atoms with van der Waals surface area (Å²) in [5, 5.41) is 8.88. The maximum atomic E-state index is 8.46. The van der Waals surface area contributed by atoms with Gasteiger partial charge in [0.25, 0.3) is 0 Å². The first-order chi connectivity index (χ1) is 5.34. The van der Waals surface area contributed by atoms with Crippen molar-refractivity contribution < 1.29 is 5.11 Å². The van der Waals surface area contributed by atoms with Gasteiger partial charge >= 0.3 is 0 Å². The van der Waals surface area contributed by atoms with E-state index in [4.69, 9.17) is 16.7 Å². The monoisotopic (exact) mass is 176 g/mol. The maximum Gasteiger partial charge on any atom is 0.202 e. The van der Waals surface area contributed by atoms with Gasteiger partial charge < -0.3 is 9.67 Å². The summed E-state index contributed by atoms with van der Waals surface area (Å²) >= 11 is 5.56. The maximum absolute atomic E-state index is 8.46. The molecule has 0 fully saturated rings. The van der Waals surface area contributed by atoms with Gasteiger partial charge in [0.1, 0.15) is 0 Å². The van der Waals surface area contributed by atoms with Gasteiger partial charge in [-0.1, -0.05) is 13.8 Å². The Bertz CT molecular complexity index is 188. The van der Waals surface area contributed by atoms with Crippen molar-refractivity contribution >= 4 is 11.6 Å². The molecule has 64 valence electrons. The molecule has 0 amide bonds. The quantitative estimate of drug-likeness (QED) is 0.743. The summed E-state index contributed by atoms with van der Waals surface area (Å²) in [6.45, 7) is 4.61. The lowest BCUT2D eigenvalue weighted by Gasteiger charge is -1.96. The third-order valence-electron chi connectivity index (χ3n) is 1.01. The Morgan fingerprint density at radius 3 is 2.64 bits per heavy atom. The highest BCUT2D eigenvalue weighted by Gasteiger charge is 1.94. The van der Waals surface area contributed by atoms with Crippen molar-refractivity contribution in [1.29, 1.82) is 0 Å². The molecule has 0 aromatic carbocycles. The van der Waals surface area contributed by atoms with Crippen LogP contribution in [0.1, 0.15) is 13.8 Å². The molecule has 0 aliphatic carbocycles. The minimum absolute atomic E-state index is 0.0933. The van der Waals surface area contributed by atoms with Gasteiger partial charge in [-0.15, -0.1) is 0 Å². The Morgan fingerprint density at radius 1 is 1.64 bits per heavy atom. The van der Waals surface area contributed by atoms with Crippen molar-refractivity contribution in [3.05, 3.63) is 17.7 Å². The summed E-state index contributed by atoms with van der Waals surface area (Å²) in [5.41, 5.74) is 0. The lowest BCUT2D eigenvalue weighted by atomic mass is 10.7. The highest BCUT2D eigenvalue weighted by molar-refractivity contribution is 6.28. The number of nitrogens with zero attached hydrogens (tertiary/aromatic N) is 2. The van der Waals surface area contributed by atoms with Crippen LogP contribution < -0.4 is 0 Å². The molecule has 0 bridgehead atoms. The summed E-state index contributed by atoms with van der Waals surface area (Å²) in [6, 6.07) is 0. The number of aliphatic hydroxyl groups excluding tert-OH is 1. The summed E-state index contributed by atoms with van der Waals surface area (Å²) in [5.74, 6) is 0. The van der Waals surface area contributed by atoms with Crippen molar-refractivity contribution in [3.8, 4) is 0 Å². The molecule has 0 aliphatic heterocycles. The molecule has 1 aromatic rings. The molecule has 0 saturated heterocycles. The number of imidazole rings is 1. The number of halogens is 1. The van der Waals surface area contributed by atoms with Gasteiger partial charge in [-0.3, -0.25) is 0 Å². The minimum atomic E-state index is 0.0933. The fraction of sp³-hybridized carbons (Fsp3) is 0.571. The van der Waals surface area contributed by atoms with Gasteiger partial charge in [-0.05, 0) is 11.6 Å². The normalized spacial score (nSPS) is 8.73. The van der Waals surface area contributed by atoms with E-state index >= 15 is 0 Å². The number of hydrogen-bond acceptors (Lipinski definition) is 2. The molecule has 3 nitrogen and oxygen atoms in total. The van der Waals surface area contributed by atoms with Crippen LogP contribution in [0.5, 0.6) is 0 Å². The lowest BCUT2D eigenvalue weighted by molar-refractivity contribution is 0.276. The molecular weight excluding hydrogens is 164 g/mol. The second-order valence-corrected chi connectivity index (χ2v) is 1.95. The molecular formula is C7H13ClN2O. The van der Waals surface area contributed by atoms with Crippen molar-refractivity contribution in [3.63, 3.8) is 0 Å². The second-order valence-electron chi connectivity index (χ2n) is 1.61. The Kier molecular flexibility index (Phi) is 5.88. The van der Waals surface area contributed by atoms with Crippen LogP contribution in [0.25, 0.3) is 0 Å². The largest absolute Gasteiger partial charge is 0.395 e. The molecule has 0 atom stereocenters. The van der Waals surface area contributed by atoms with E-state index in [1.165, 1.54) is 0 Å². The van der Waals surface area contributed by atoms with E-state index in [9.17, 15) is 0 Å². The van der Waals surface area contributed by atoms with Crippen LogP contribution in [-0.2, 0) is 6.54 Å². The zero-order valence-electron chi connectivity index (χ0n) is 6.79. The van der Waals surface area contributed by atoms with E-state index < -0.39 is 0 Å². The molecule has 1 aromatic heterocycles. The van der Waals surface area contributed by atoms with E-state index in [0.717, 1.165) is 0 Å². The van der Waals surface area contributed by atoms with Crippen LogP contribution in [0.15, 0.2) is 12.4 Å². The van der Waals surface area contributed by atoms with Gasteiger partial charge in [0.2, 0.25) is 5.28 Å². The summed E-state index contributed by atoms with van der Waals surface area (Å²) in [7, 11) is 0. The van der Waals surface area contributed by atoms with Crippen LogP contribution in [0.4, 0.5) is 0 Å². The fourth-order valence-corrected chi connectivity index (χ4v) is 0.783. The van der Waals surface area contributed by atoms with Gasteiger partial charge in [-0.2, -0.15) is 0 Å². The molecule has 1 N–H and O–H groups in total. The van der Waals surface area contributed by atoms with Crippen LogP contribution in [0.3, 0.4) is 0 Å². The first kappa shape index (κ1) is 10.5. The van der Waals surface area contributed by atoms with E-state index in [-0.39, 0.29) is 6.61 Å². The molecule has 11 heavy (non-hydrogen) atoms. The lowest BCUT2D eigenvalue weighted by Crippen LogP contribution is -1.99. The third-order valence-corrected chi connectivity index (χ3v) is 1.32. The van der Waals surface area contributed by atoms with Gasteiger partial charge in [0, 0.05) is 18.9 Å². The number of aliphatic hydroxyl groups is 1. The number of aromatic nitrogens is 2. The summed E-state index contributed by atoms with van der Waals surface area (Å²) in [4.78, 5) is 3.75. The molecule has 1 rings (SSSR count). The van der Waals surface area contributed by atoms with Crippen molar-refractivity contribution in [2.45, 2.75) is 20.4 Å². The topological polar surface area (TPSA) is 38.0 Å². The first-order valence-corrected chi connectivity index (χ1v) is 4.00. The predicted octanol–water partition coefficient (Wildman–Crippen LogP) is 1.55. The SMILES string of the molecule is CC.OCCn1ccnc1Cl. The van der Waals surface area contributed by atoms with Crippen LogP contribution in [-0.4, -0.2) is 21.3 Å². The summed E-state index contributed by atoms with van der Waals surface area (Å²) < 4.78 is 1.67. The molecule has 0 aliphatic rings. The Labute approximate surface area is 71.6 Å². The van der Waals surface area contributed by atoms with Crippen molar-refractivity contribution in [2.75, 3.05) is 6.61 Å². The third kappa shape index (κ3) is 3.39. The zero-order chi connectivity index (χ0) is 8.69. The molecule has 0 radical (unpaired) electrons. The molecule has 4 heteroatoms. The highest BCUT2D eigenvalue weighted by Crippen LogP contribution is 2.02. The average Bonchev–Trinajstić information content (AvgIpc) is 2.42. The molecule has 0 saturated carbocycles. The zero-order valence-corrected chi connectivity index (χ0v) is 7.54. The van der Waals surface area contributed by atoms with Crippen LogP contribution in [0.2, 0.25) is 5.28 Å². The molecule has 0 spiro atoms. The Morgan fingerprint density at radius 2 is 2.27 bits per heavy atom. The fourth-order valence-electron chi connectivity index (χ4n) is 0.586. The minimum Gasteiger partial charge on any atom is -0.395 e. The van der Waals surface area contributed by atoms with E-state index in [2.05, 4.69) is 4.98 Å². The van der Waals surface area contributed by atoms with E-state index in [1.807, 2.05) is 13.8 Å². The number of hydrogen-bond donors (Lipinski definition) is 1. The molecule has 0 unspecified atom stereocenters. The van der Waals surface area contributed by atoms with Gasteiger partial charge in [0.05, 0.1) is 6.61 Å². The molecule has 1 heterocycles. The van der Waals surface area contributed by atoms with E-state index in [1.54, 1.807) is 17.0 Å². The Balaban J connectivity index is 0.000000461. The van der Waals surface area contributed by atoms with E-state index in [0.29, 0.717) is 11.8 Å². The summed E-state index contributed by atoms with van der Waals surface area (Å²) in [6.07, 6.45) is 3.32. The van der Waals surface area contributed by atoms with Gasteiger partial charge in [0.15, 0.2) is 0 Å².